The van der Waals surface area contributed by atoms with Crippen molar-refractivity contribution in [3.05, 3.63) is 17.5 Å². The van der Waals surface area contributed by atoms with Crippen LogP contribution in [0.1, 0.15) is 19.3 Å². The Morgan fingerprint density at radius 2 is 2.33 bits per heavy atom. The van der Waals surface area contributed by atoms with E-state index in [-0.39, 0.29) is 29.7 Å². The van der Waals surface area contributed by atoms with Crippen LogP contribution in [-0.4, -0.2) is 50.6 Å². The van der Waals surface area contributed by atoms with Gasteiger partial charge in [0.1, 0.15) is 4.21 Å². The lowest BCUT2D eigenvalue weighted by Crippen LogP contribution is -2.33. The van der Waals surface area contributed by atoms with Gasteiger partial charge in [0, 0.05) is 32.7 Å². The van der Waals surface area contributed by atoms with Crippen LogP contribution in [0.3, 0.4) is 0 Å². The van der Waals surface area contributed by atoms with Crippen molar-refractivity contribution in [3.8, 4) is 0 Å². The smallest absolute Gasteiger partial charge is 0.250 e. The fourth-order valence-electron chi connectivity index (χ4n) is 2.42. The third kappa shape index (κ3) is 4.50. The van der Waals surface area contributed by atoms with E-state index in [1.54, 1.807) is 16.3 Å². The molecule has 2 N–H and O–H groups in total. The molecule has 6 nitrogen and oxygen atoms in total. The van der Waals surface area contributed by atoms with Crippen molar-refractivity contribution in [1.82, 2.24) is 9.62 Å². The van der Waals surface area contributed by atoms with Crippen molar-refractivity contribution < 1.29 is 18.3 Å². The van der Waals surface area contributed by atoms with Gasteiger partial charge in [0.25, 0.3) is 0 Å². The number of amides is 1. The Labute approximate surface area is 128 Å². The van der Waals surface area contributed by atoms with Crippen molar-refractivity contribution in [2.24, 2.45) is 5.92 Å². The first-order chi connectivity index (χ1) is 10.0. The third-order valence-corrected chi connectivity index (χ3v) is 6.43. The number of hydrogen-bond acceptors (Lipinski definition) is 5. The number of aliphatic hydroxyl groups is 1. The Morgan fingerprint density at radius 3 is 3.00 bits per heavy atom. The van der Waals surface area contributed by atoms with Crippen LogP contribution in [0.25, 0.3) is 0 Å². The Kier molecular flexibility index (Phi) is 5.74. The van der Waals surface area contributed by atoms with Gasteiger partial charge >= 0.3 is 0 Å². The maximum Gasteiger partial charge on any atom is 0.250 e. The molecule has 1 aliphatic rings. The molecule has 2 heterocycles. The second-order valence-corrected chi connectivity index (χ2v) is 8.03. The van der Waals surface area contributed by atoms with E-state index in [9.17, 15) is 13.2 Å². The largest absolute Gasteiger partial charge is 0.396 e. The van der Waals surface area contributed by atoms with Gasteiger partial charge in [-0.3, -0.25) is 4.79 Å². The Morgan fingerprint density at radius 1 is 1.52 bits per heavy atom. The zero-order chi connectivity index (χ0) is 15.3. The molecule has 1 aliphatic heterocycles. The highest BCUT2D eigenvalue weighted by Crippen LogP contribution is 2.20. The van der Waals surface area contributed by atoms with Gasteiger partial charge in [-0.25, -0.2) is 13.1 Å². The molecule has 1 aromatic heterocycles. The first kappa shape index (κ1) is 16.4. The first-order valence-corrected chi connectivity index (χ1v) is 9.31. The van der Waals surface area contributed by atoms with Crippen molar-refractivity contribution >= 4 is 27.3 Å². The fraction of sp³-hybridized carbons (Fsp3) is 0.615. The predicted molar refractivity (Wildman–Crippen MR) is 80.5 cm³/mol. The summed E-state index contributed by atoms with van der Waals surface area (Å²) in [5, 5.41) is 10.6. The summed E-state index contributed by atoms with van der Waals surface area (Å²) < 4.78 is 26.5. The van der Waals surface area contributed by atoms with Crippen LogP contribution in [0.4, 0.5) is 0 Å². The van der Waals surface area contributed by atoms with Crippen molar-refractivity contribution in [2.75, 3.05) is 26.2 Å². The molecule has 0 radical (unpaired) electrons. The van der Waals surface area contributed by atoms with Gasteiger partial charge < -0.3 is 10.0 Å². The van der Waals surface area contributed by atoms with Crippen LogP contribution in [0.2, 0.25) is 0 Å². The van der Waals surface area contributed by atoms with Gasteiger partial charge in [-0.2, -0.15) is 0 Å². The number of rotatable bonds is 7. The van der Waals surface area contributed by atoms with E-state index >= 15 is 0 Å². The van der Waals surface area contributed by atoms with Gasteiger partial charge in [-0.15, -0.1) is 11.3 Å². The summed E-state index contributed by atoms with van der Waals surface area (Å²) in [6.45, 7) is 1.62. The number of carbonyl (C=O) groups is 1. The van der Waals surface area contributed by atoms with E-state index in [0.717, 1.165) is 24.2 Å². The molecule has 1 atom stereocenters. The van der Waals surface area contributed by atoms with Crippen molar-refractivity contribution in [1.29, 1.82) is 0 Å². The number of aliphatic hydroxyl groups excluding tert-OH is 1. The van der Waals surface area contributed by atoms with Crippen LogP contribution in [-0.2, 0) is 14.8 Å². The molecule has 21 heavy (non-hydrogen) atoms. The zero-order valence-corrected chi connectivity index (χ0v) is 13.3. The number of thiophene rings is 1. The van der Waals surface area contributed by atoms with E-state index < -0.39 is 10.0 Å². The van der Waals surface area contributed by atoms with Gasteiger partial charge in [-0.05, 0) is 30.2 Å². The van der Waals surface area contributed by atoms with Gasteiger partial charge in [-0.1, -0.05) is 6.07 Å². The molecule has 0 bridgehead atoms. The maximum absolute atomic E-state index is 12.0. The Bertz CT molecular complexity index is 557. The molecule has 0 saturated carbocycles. The molecule has 1 saturated heterocycles. The molecule has 0 aliphatic carbocycles. The molecule has 1 unspecified atom stereocenters. The van der Waals surface area contributed by atoms with E-state index in [0.29, 0.717) is 19.0 Å². The van der Waals surface area contributed by atoms with E-state index in [4.69, 9.17) is 5.11 Å². The number of likely N-dealkylation sites (tertiary alicyclic amines) is 1. The molecule has 0 aromatic carbocycles. The van der Waals surface area contributed by atoms with Crippen LogP contribution in [0, 0.1) is 5.92 Å². The average molecular weight is 332 g/mol. The normalized spacial score (nSPS) is 19.1. The van der Waals surface area contributed by atoms with Crippen molar-refractivity contribution in [3.63, 3.8) is 0 Å². The SMILES string of the molecule is O=C(CCNS(=O)(=O)c1cccs1)N1CCC(CCO)C1. The number of nitrogens with one attached hydrogen (secondary N) is 1. The van der Waals surface area contributed by atoms with Gasteiger partial charge in [0.2, 0.25) is 15.9 Å². The second kappa shape index (κ2) is 7.35. The summed E-state index contributed by atoms with van der Waals surface area (Å²) in [7, 11) is -3.49. The monoisotopic (exact) mass is 332 g/mol. The quantitative estimate of drug-likeness (QED) is 0.767. The summed E-state index contributed by atoms with van der Waals surface area (Å²) in [6, 6.07) is 3.21. The molecule has 1 aromatic rings. The highest BCUT2D eigenvalue weighted by Gasteiger charge is 2.25. The second-order valence-electron chi connectivity index (χ2n) is 5.09. The lowest BCUT2D eigenvalue weighted by Gasteiger charge is -2.16. The maximum atomic E-state index is 12.0. The lowest BCUT2D eigenvalue weighted by atomic mass is 10.1. The average Bonchev–Trinajstić information content (AvgIpc) is 3.10. The standard InChI is InChI=1S/C13H20N2O4S2/c16-8-5-11-4-7-15(10-11)12(17)3-6-14-21(18,19)13-2-1-9-20-13/h1-2,9,11,14,16H,3-8,10H2. The number of nitrogens with zero attached hydrogens (tertiary/aromatic N) is 1. The molecule has 0 spiro atoms. The van der Waals surface area contributed by atoms with E-state index in [1.807, 2.05) is 0 Å². The van der Waals surface area contributed by atoms with E-state index in [1.165, 1.54) is 6.07 Å². The van der Waals surface area contributed by atoms with Gasteiger partial charge in [0.15, 0.2) is 0 Å². The molecule has 1 amide bonds. The predicted octanol–water partition coefficient (Wildman–Crippen LogP) is 0.647. The summed E-state index contributed by atoms with van der Waals surface area (Å²) in [5.74, 6) is 0.325. The van der Waals surface area contributed by atoms with E-state index in [2.05, 4.69) is 4.72 Å². The molecular formula is C13H20N2O4S2. The number of carbonyl (C=O) groups excluding carboxylic acids is 1. The van der Waals surface area contributed by atoms with Crippen LogP contribution in [0.5, 0.6) is 0 Å². The zero-order valence-electron chi connectivity index (χ0n) is 11.7. The summed E-state index contributed by atoms with van der Waals surface area (Å²) in [6.07, 6.45) is 1.79. The molecule has 2 rings (SSSR count). The summed E-state index contributed by atoms with van der Waals surface area (Å²) >= 11 is 1.15. The Hall–Kier alpha value is -0.960. The minimum atomic E-state index is -3.49. The summed E-state index contributed by atoms with van der Waals surface area (Å²) in [4.78, 5) is 13.7. The summed E-state index contributed by atoms with van der Waals surface area (Å²) in [5.41, 5.74) is 0. The highest BCUT2D eigenvalue weighted by atomic mass is 32.2. The Balaban J connectivity index is 1.75. The minimum Gasteiger partial charge on any atom is -0.396 e. The van der Waals surface area contributed by atoms with Crippen molar-refractivity contribution in [2.45, 2.75) is 23.5 Å². The molecular weight excluding hydrogens is 312 g/mol. The fourth-order valence-corrected chi connectivity index (χ4v) is 4.48. The molecule has 8 heteroatoms. The lowest BCUT2D eigenvalue weighted by molar-refractivity contribution is -0.130. The molecule has 1 fully saturated rings. The van der Waals surface area contributed by atoms with Crippen LogP contribution >= 0.6 is 11.3 Å². The van der Waals surface area contributed by atoms with Crippen LogP contribution < -0.4 is 4.72 Å². The van der Waals surface area contributed by atoms with Gasteiger partial charge in [0.05, 0.1) is 0 Å². The minimum absolute atomic E-state index is 0.0377. The first-order valence-electron chi connectivity index (χ1n) is 6.95. The topological polar surface area (TPSA) is 86.7 Å². The number of hydrogen-bond donors (Lipinski definition) is 2. The third-order valence-electron chi connectivity index (χ3n) is 3.57. The van der Waals surface area contributed by atoms with Crippen LogP contribution in [0.15, 0.2) is 21.7 Å². The molecule has 118 valence electrons. The number of sulfonamides is 1. The highest BCUT2D eigenvalue weighted by molar-refractivity contribution is 7.91.